The van der Waals surface area contributed by atoms with Gasteiger partial charge in [-0.25, -0.2) is 14.1 Å². The molecule has 0 bridgehead atoms. The lowest BCUT2D eigenvalue weighted by Gasteiger charge is -2.19. The van der Waals surface area contributed by atoms with Crippen LogP contribution < -0.4 is 10.1 Å². The molecular formula is C25H24FN5O2. The van der Waals surface area contributed by atoms with Gasteiger partial charge in [-0.3, -0.25) is 4.79 Å². The molecule has 7 nitrogen and oxygen atoms in total. The molecule has 8 heteroatoms. The largest absolute Gasteiger partial charge is 0.497 e. The standard InChI is InChI=1S/C25H24FN5O2/c1-30-15-14-27-24(30)22(16-6-12-19(33-2)13-7-16)28-25(32)23-20-4-3-5-21(20)31(29-23)18-10-8-17(26)9-11-18/h6-15,22H,3-5H2,1-2H3,(H,28,32). The van der Waals surface area contributed by atoms with E-state index in [9.17, 15) is 9.18 Å². The van der Waals surface area contributed by atoms with E-state index in [1.165, 1.54) is 12.1 Å². The zero-order valence-electron chi connectivity index (χ0n) is 18.5. The fourth-order valence-electron chi connectivity index (χ4n) is 4.36. The van der Waals surface area contributed by atoms with E-state index in [1.807, 2.05) is 42.1 Å². The maximum Gasteiger partial charge on any atom is 0.272 e. The van der Waals surface area contributed by atoms with Crippen LogP contribution in [0.2, 0.25) is 0 Å². The predicted octanol–water partition coefficient (Wildman–Crippen LogP) is 3.76. The maximum atomic E-state index is 13.5. The number of aryl methyl sites for hydroxylation is 1. The highest BCUT2D eigenvalue weighted by atomic mass is 19.1. The van der Waals surface area contributed by atoms with Gasteiger partial charge in [0.2, 0.25) is 0 Å². The predicted molar refractivity (Wildman–Crippen MR) is 121 cm³/mol. The van der Waals surface area contributed by atoms with Crippen molar-refractivity contribution in [2.24, 2.45) is 7.05 Å². The van der Waals surface area contributed by atoms with Crippen molar-refractivity contribution < 1.29 is 13.9 Å². The van der Waals surface area contributed by atoms with Crippen molar-refractivity contribution in [3.8, 4) is 11.4 Å². The number of fused-ring (bicyclic) bond motifs is 1. The monoisotopic (exact) mass is 445 g/mol. The Balaban J connectivity index is 1.51. The van der Waals surface area contributed by atoms with Crippen LogP contribution in [0.1, 0.15) is 45.6 Å². The fourth-order valence-corrected chi connectivity index (χ4v) is 4.36. The van der Waals surface area contributed by atoms with Crippen LogP contribution in [-0.2, 0) is 19.9 Å². The molecule has 2 heterocycles. The van der Waals surface area contributed by atoms with Crippen molar-refractivity contribution in [3.63, 3.8) is 0 Å². The molecule has 0 spiro atoms. The van der Waals surface area contributed by atoms with E-state index in [2.05, 4.69) is 15.4 Å². The first kappa shape index (κ1) is 20.9. The van der Waals surface area contributed by atoms with E-state index in [4.69, 9.17) is 4.74 Å². The van der Waals surface area contributed by atoms with Crippen LogP contribution in [0.25, 0.3) is 5.69 Å². The number of nitrogens with one attached hydrogen (secondary N) is 1. The molecular weight excluding hydrogens is 421 g/mol. The summed E-state index contributed by atoms with van der Waals surface area (Å²) in [5.41, 5.74) is 3.98. The summed E-state index contributed by atoms with van der Waals surface area (Å²) >= 11 is 0. The summed E-state index contributed by atoms with van der Waals surface area (Å²) in [7, 11) is 3.51. The van der Waals surface area contributed by atoms with Crippen molar-refractivity contribution in [1.29, 1.82) is 0 Å². The quantitative estimate of drug-likeness (QED) is 0.491. The molecule has 1 unspecified atom stereocenters. The Kier molecular flexibility index (Phi) is 5.42. The van der Waals surface area contributed by atoms with Crippen LogP contribution in [0.5, 0.6) is 5.75 Å². The lowest BCUT2D eigenvalue weighted by molar-refractivity contribution is 0.0934. The topological polar surface area (TPSA) is 74.0 Å². The van der Waals surface area contributed by atoms with Gasteiger partial charge in [-0.15, -0.1) is 0 Å². The van der Waals surface area contributed by atoms with Crippen molar-refractivity contribution in [1.82, 2.24) is 24.6 Å². The minimum atomic E-state index is -0.462. The average molecular weight is 445 g/mol. The Morgan fingerprint density at radius 1 is 1.12 bits per heavy atom. The second-order valence-corrected chi connectivity index (χ2v) is 8.09. The maximum absolute atomic E-state index is 13.5. The minimum Gasteiger partial charge on any atom is -0.497 e. The van der Waals surface area contributed by atoms with Crippen molar-refractivity contribution in [3.05, 3.63) is 95.1 Å². The molecule has 1 amide bonds. The molecule has 1 atom stereocenters. The van der Waals surface area contributed by atoms with Gasteiger partial charge in [0.05, 0.1) is 12.8 Å². The van der Waals surface area contributed by atoms with Crippen LogP contribution in [0.15, 0.2) is 60.9 Å². The number of rotatable bonds is 6. The number of carbonyl (C=O) groups excluding carboxylic acids is 1. The number of aromatic nitrogens is 4. The number of methoxy groups -OCH3 is 1. The van der Waals surface area contributed by atoms with Crippen molar-refractivity contribution in [2.75, 3.05) is 7.11 Å². The molecule has 33 heavy (non-hydrogen) atoms. The number of hydrogen-bond acceptors (Lipinski definition) is 4. The number of carbonyl (C=O) groups is 1. The summed E-state index contributed by atoms with van der Waals surface area (Å²) in [6.45, 7) is 0. The van der Waals surface area contributed by atoms with Gasteiger partial charge in [0.25, 0.3) is 5.91 Å². The van der Waals surface area contributed by atoms with E-state index in [1.54, 1.807) is 30.1 Å². The molecule has 1 aliphatic carbocycles. The third-order valence-electron chi connectivity index (χ3n) is 6.06. The molecule has 0 saturated heterocycles. The number of hydrogen-bond donors (Lipinski definition) is 1. The zero-order valence-corrected chi connectivity index (χ0v) is 18.5. The fraction of sp³-hybridized carbons (Fsp3) is 0.240. The highest BCUT2D eigenvalue weighted by Gasteiger charge is 2.29. The van der Waals surface area contributed by atoms with Crippen LogP contribution in [0.3, 0.4) is 0 Å². The molecule has 0 radical (unpaired) electrons. The van der Waals surface area contributed by atoms with Gasteiger partial charge in [0, 0.05) is 30.7 Å². The van der Waals surface area contributed by atoms with Crippen molar-refractivity contribution >= 4 is 5.91 Å². The smallest absolute Gasteiger partial charge is 0.272 e. The molecule has 1 N–H and O–H groups in total. The van der Waals surface area contributed by atoms with Gasteiger partial charge in [-0.05, 0) is 61.2 Å². The Hall–Kier alpha value is -3.94. The summed E-state index contributed by atoms with van der Waals surface area (Å²) in [6.07, 6.45) is 6.12. The molecule has 5 rings (SSSR count). The van der Waals surface area contributed by atoms with E-state index in [0.29, 0.717) is 11.5 Å². The first-order valence-corrected chi connectivity index (χ1v) is 10.8. The molecule has 2 aromatic carbocycles. The van der Waals surface area contributed by atoms with E-state index >= 15 is 0 Å². The zero-order chi connectivity index (χ0) is 22.9. The highest BCUT2D eigenvalue weighted by Crippen LogP contribution is 2.29. The van der Waals surface area contributed by atoms with Gasteiger partial charge in [0.1, 0.15) is 23.4 Å². The van der Waals surface area contributed by atoms with Crippen LogP contribution in [0.4, 0.5) is 4.39 Å². The number of benzene rings is 2. The van der Waals surface area contributed by atoms with Crippen LogP contribution >= 0.6 is 0 Å². The Morgan fingerprint density at radius 3 is 2.55 bits per heavy atom. The van der Waals surface area contributed by atoms with E-state index < -0.39 is 6.04 Å². The molecule has 1 aliphatic rings. The molecule has 2 aromatic heterocycles. The lowest BCUT2D eigenvalue weighted by Crippen LogP contribution is -2.32. The molecule has 168 valence electrons. The molecule has 0 saturated carbocycles. The number of amides is 1. The first-order chi connectivity index (χ1) is 16.0. The van der Waals surface area contributed by atoms with Gasteiger partial charge in [-0.2, -0.15) is 5.10 Å². The molecule has 0 aliphatic heterocycles. The van der Waals surface area contributed by atoms with E-state index in [-0.39, 0.29) is 11.7 Å². The van der Waals surface area contributed by atoms with E-state index in [0.717, 1.165) is 47.5 Å². The molecule has 4 aromatic rings. The summed E-state index contributed by atoms with van der Waals surface area (Å²) in [4.78, 5) is 18.0. The van der Waals surface area contributed by atoms with Gasteiger partial charge in [-0.1, -0.05) is 12.1 Å². The van der Waals surface area contributed by atoms with Gasteiger partial charge in [0.15, 0.2) is 5.69 Å². The average Bonchev–Trinajstić information content (AvgIpc) is 3.55. The second kappa shape index (κ2) is 8.54. The van der Waals surface area contributed by atoms with Gasteiger partial charge >= 0.3 is 0 Å². The highest BCUT2D eigenvalue weighted by molar-refractivity contribution is 5.94. The lowest BCUT2D eigenvalue weighted by atomic mass is 10.0. The molecule has 0 fully saturated rings. The Labute approximate surface area is 190 Å². The SMILES string of the molecule is COc1ccc(C(NC(=O)c2nn(-c3ccc(F)cc3)c3c2CCC3)c2nccn2C)cc1. The number of ether oxygens (including phenoxy) is 1. The summed E-state index contributed by atoms with van der Waals surface area (Å²) < 4.78 is 22.3. The number of nitrogens with zero attached hydrogens (tertiary/aromatic N) is 4. The minimum absolute atomic E-state index is 0.266. The van der Waals surface area contributed by atoms with Crippen LogP contribution in [-0.4, -0.2) is 32.3 Å². The Morgan fingerprint density at radius 2 is 1.88 bits per heavy atom. The Bertz CT molecular complexity index is 1290. The second-order valence-electron chi connectivity index (χ2n) is 8.09. The summed E-state index contributed by atoms with van der Waals surface area (Å²) in [5.74, 6) is 0.874. The number of halogens is 1. The first-order valence-electron chi connectivity index (χ1n) is 10.8. The summed E-state index contributed by atoms with van der Waals surface area (Å²) in [5, 5.41) is 7.78. The third kappa shape index (κ3) is 3.88. The number of imidazole rings is 1. The third-order valence-corrected chi connectivity index (χ3v) is 6.06. The van der Waals surface area contributed by atoms with Crippen molar-refractivity contribution in [2.45, 2.75) is 25.3 Å². The normalized spacial score (nSPS) is 13.5. The van der Waals surface area contributed by atoms with Crippen LogP contribution in [0, 0.1) is 5.82 Å². The summed E-state index contributed by atoms with van der Waals surface area (Å²) in [6, 6.07) is 13.2. The van der Waals surface area contributed by atoms with Gasteiger partial charge < -0.3 is 14.6 Å².